The number of nitrogens with one attached hydrogen (secondary N) is 1. The summed E-state index contributed by atoms with van der Waals surface area (Å²) in [5.74, 6) is 0. The van der Waals surface area contributed by atoms with Crippen molar-refractivity contribution in [2.45, 2.75) is 27.2 Å². The Hall–Kier alpha value is -0.270. The summed E-state index contributed by atoms with van der Waals surface area (Å²) in [5, 5.41) is 0. The zero-order chi connectivity index (χ0) is 11.5. The third kappa shape index (κ3) is 7.64. The molecule has 0 bridgehead atoms. The fraction of sp³-hybridized carbons (Fsp3) is 0.545. The first-order chi connectivity index (χ1) is 7.33. The van der Waals surface area contributed by atoms with Gasteiger partial charge in [-0.2, -0.15) is 0 Å². The Morgan fingerprint density at radius 2 is 2.20 bits per heavy atom. The highest BCUT2D eigenvalue weighted by molar-refractivity contribution is 8.56. The molecule has 1 atom stereocenters. The van der Waals surface area contributed by atoms with Crippen molar-refractivity contribution >= 4 is 24.4 Å². The van der Waals surface area contributed by atoms with Crippen LogP contribution in [0.15, 0.2) is 24.5 Å². The Kier molecular flexibility index (Phi) is 10.1. The average Bonchev–Trinajstić information content (AvgIpc) is 2.31. The lowest BCUT2D eigenvalue weighted by molar-refractivity contribution is 1.10. The molecule has 0 radical (unpaired) electrons. The summed E-state index contributed by atoms with van der Waals surface area (Å²) >= 11 is 1.83. The lowest BCUT2D eigenvalue weighted by Gasteiger charge is -2.10. The van der Waals surface area contributed by atoms with Crippen molar-refractivity contribution in [2.75, 3.05) is 17.5 Å². The van der Waals surface area contributed by atoms with Crippen molar-refractivity contribution in [1.29, 1.82) is 0 Å². The lowest BCUT2D eigenvalue weighted by atomic mass is 10.4. The number of hydrogen-bond donors (Lipinski definition) is 1. The van der Waals surface area contributed by atoms with Crippen LogP contribution in [0.25, 0.3) is 0 Å². The number of anilines is 1. The van der Waals surface area contributed by atoms with E-state index in [4.69, 9.17) is 0 Å². The number of hydrogen-bond acceptors (Lipinski definition) is 3. The fourth-order valence-corrected chi connectivity index (χ4v) is 3.62. The second-order valence-corrected chi connectivity index (χ2v) is 7.29. The van der Waals surface area contributed by atoms with Gasteiger partial charge in [0.15, 0.2) is 0 Å². The van der Waals surface area contributed by atoms with E-state index in [1.165, 1.54) is 12.6 Å². The first-order valence-electron chi connectivity index (χ1n) is 5.37. The predicted molar refractivity (Wildman–Crippen MR) is 74.8 cm³/mol. The van der Waals surface area contributed by atoms with E-state index in [2.05, 4.69) is 23.3 Å². The van der Waals surface area contributed by atoms with Gasteiger partial charge in [0.2, 0.25) is 0 Å². The molecule has 1 unspecified atom stereocenters. The maximum Gasteiger partial charge on any atom is 0.0628 e. The van der Waals surface area contributed by atoms with E-state index in [1.54, 1.807) is 6.20 Å². The van der Waals surface area contributed by atoms with E-state index in [9.17, 15) is 0 Å². The largest absolute Gasteiger partial charge is 0.325 e. The second-order valence-electron chi connectivity index (χ2n) is 2.79. The highest BCUT2D eigenvalue weighted by atomic mass is 32.7. The summed E-state index contributed by atoms with van der Waals surface area (Å²) in [7, 11) is 0.0734. The summed E-state index contributed by atoms with van der Waals surface area (Å²) in [6.07, 6.45) is 6.22. The molecular weight excluding hydrogens is 223 g/mol. The Labute approximate surface area is 98.9 Å². The van der Waals surface area contributed by atoms with Crippen molar-refractivity contribution in [3.8, 4) is 0 Å². The van der Waals surface area contributed by atoms with Gasteiger partial charge in [-0.05, 0) is 43.7 Å². The molecule has 1 N–H and O–H groups in total. The topological polar surface area (TPSA) is 24.9 Å². The van der Waals surface area contributed by atoms with Gasteiger partial charge in [-0.15, -0.1) is 0 Å². The van der Waals surface area contributed by atoms with Crippen molar-refractivity contribution < 1.29 is 0 Å². The smallest absolute Gasteiger partial charge is 0.0628 e. The molecular formula is C11H21N2PS. The molecule has 4 heteroatoms. The first-order valence-corrected chi connectivity index (χ1v) is 8.76. The SMILES string of the molecule is CC.CCCP(C)SNc1cccnc1. The van der Waals surface area contributed by atoms with E-state index < -0.39 is 0 Å². The van der Waals surface area contributed by atoms with Gasteiger partial charge in [0, 0.05) is 6.20 Å². The number of pyridine rings is 1. The molecule has 0 aromatic carbocycles. The highest BCUT2D eigenvalue weighted by Gasteiger charge is 1.99. The van der Waals surface area contributed by atoms with Gasteiger partial charge >= 0.3 is 0 Å². The minimum absolute atomic E-state index is 0.0734. The van der Waals surface area contributed by atoms with E-state index in [0.717, 1.165) is 5.69 Å². The predicted octanol–water partition coefficient (Wildman–Crippen LogP) is 4.60. The van der Waals surface area contributed by atoms with Crippen LogP contribution in [0.4, 0.5) is 5.69 Å². The van der Waals surface area contributed by atoms with Gasteiger partial charge < -0.3 is 4.72 Å². The van der Waals surface area contributed by atoms with Gasteiger partial charge in [-0.3, -0.25) is 4.98 Å². The van der Waals surface area contributed by atoms with Crippen LogP contribution in [-0.2, 0) is 0 Å². The standard InChI is InChI=1S/C9H15N2PS.C2H6/c1-3-7-12(2)13-11-9-5-4-6-10-8-9;1-2/h4-6,8,11H,3,7H2,1-2H3;1-2H3. The molecule has 2 nitrogen and oxygen atoms in total. The van der Waals surface area contributed by atoms with Crippen LogP contribution in [0.2, 0.25) is 0 Å². The zero-order valence-electron chi connectivity index (χ0n) is 10.0. The van der Waals surface area contributed by atoms with Crippen LogP contribution >= 0.6 is 18.7 Å². The van der Waals surface area contributed by atoms with Crippen LogP contribution in [-0.4, -0.2) is 17.8 Å². The van der Waals surface area contributed by atoms with Crippen molar-refractivity contribution in [3.05, 3.63) is 24.5 Å². The molecule has 0 aliphatic carbocycles. The quantitative estimate of drug-likeness (QED) is 0.605. The van der Waals surface area contributed by atoms with Crippen LogP contribution in [0, 0.1) is 0 Å². The average molecular weight is 244 g/mol. The second kappa shape index (κ2) is 10.3. The molecule has 0 aliphatic rings. The third-order valence-electron chi connectivity index (χ3n) is 1.52. The molecule has 1 rings (SSSR count). The monoisotopic (exact) mass is 244 g/mol. The summed E-state index contributed by atoms with van der Waals surface area (Å²) in [5.41, 5.74) is 1.10. The van der Waals surface area contributed by atoms with Gasteiger partial charge in [-0.25, -0.2) is 0 Å². The summed E-state index contributed by atoms with van der Waals surface area (Å²) in [4.78, 5) is 4.04. The molecule has 0 saturated carbocycles. The number of rotatable bonds is 5. The Bertz CT molecular complexity index is 231. The maximum atomic E-state index is 4.04. The number of nitrogens with zero attached hydrogens (tertiary/aromatic N) is 1. The molecule has 0 aliphatic heterocycles. The van der Waals surface area contributed by atoms with E-state index in [-0.39, 0.29) is 7.12 Å². The minimum Gasteiger partial charge on any atom is -0.325 e. The molecule has 0 saturated heterocycles. The molecule has 86 valence electrons. The molecule has 1 aromatic rings. The van der Waals surface area contributed by atoms with Gasteiger partial charge in [0.1, 0.15) is 0 Å². The molecule has 1 heterocycles. The maximum absolute atomic E-state index is 4.04. The molecule has 0 fully saturated rings. The third-order valence-corrected chi connectivity index (χ3v) is 4.99. The lowest BCUT2D eigenvalue weighted by Crippen LogP contribution is -1.86. The zero-order valence-corrected chi connectivity index (χ0v) is 11.7. The van der Waals surface area contributed by atoms with E-state index >= 15 is 0 Å². The molecule has 0 spiro atoms. The Morgan fingerprint density at radius 1 is 1.47 bits per heavy atom. The summed E-state index contributed by atoms with van der Waals surface area (Å²) < 4.78 is 3.31. The van der Waals surface area contributed by atoms with Crippen LogP contribution in [0.5, 0.6) is 0 Å². The molecule has 0 amide bonds. The molecule has 1 aromatic heterocycles. The highest BCUT2D eigenvalue weighted by Crippen LogP contribution is 2.45. The molecule has 15 heavy (non-hydrogen) atoms. The Balaban J connectivity index is 0.000000921. The summed E-state index contributed by atoms with van der Waals surface area (Å²) in [6.45, 7) is 8.52. The normalized spacial score (nSPS) is 11.2. The minimum atomic E-state index is 0.0734. The van der Waals surface area contributed by atoms with Crippen molar-refractivity contribution in [1.82, 2.24) is 4.98 Å². The van der Waals surface area contributed by atoms with Crippen LogP contribution in [0.3, 0.4) is 0 Å². The van der Waals surface area contributed by atoms with E-state index in [0.29, 0.717) is 0 Å². The van der Waals surface area contributed by atoms with Crippen molar-refractivity contribution in [2.24, 2.45) is 0 Å². The van der Waals surface area contributed by atoms with Gasteiger partial charge in [0.05, 0.1) is 11.9 Å². The van der Waals surface area contributed by atoms with Crippen molar-refractivity contribution in [3.63, 3.8) is 0 Å². The number of aromatic nitrogens is 1. The van der Waals surface area contributed by atoms with Gasteiger partial charge in [-0.1, -0.05) is 27.2 Å². The first kappa shape index (κ1) is 14.7. The van der Waals surface area contributed by atoms with Crippen LogP contribution in [0.1, 0.15) is 27.2 Å². The fourth-order valence-electron chi connectivity index (χ4n) is 0.914. The van der Waals surface area contributed by atoms with Gasteiger partial charge in [0.25, 0.3) is 0 Å². The van der Waals surface area contributed by atoms with E-state index in [1.807, 2.05) is 43.7 Å². The summed E-state index contributed by atoms with van der Waals surface area (Å²) in [6, 6.07) is 3.98. The van der Waals surface area contributed by atoms with Crippen LogP contribution < -0.4 is 4.72 Å². The Morgan fingerprint density at radius 3 is 2.73 bits per heavy atom.